The second-order valence-corrected chi connectivity index (χ2v) is 5.53. The van der Waals surface area contributed by atoms with Gasteiger partial charge in [-0.1, -0.05) is 36.4 Å². The average molecular weight is 279 g/mol. The quantitative estimate of drug-likeness (QED) is 0.656. The summed E-state index contributed by atoms with van der Waals surface area (Å²) in [6.07, 6.45) is 9.50. The molecule has 2 N–H and O–H groups in total. The number of rotatable bonds is 4. The van der Waals surface area contributed by atoms with Crippen molar-refractivity contribution in [3.05, 3.63) is 59.8 Å². The number of hydrogen-bond donors (Lipinski definition) is 2. The van der Waals surface area contributed by atoms with E-state index >= 15 is 0 Å². The molecule has 106 valence electrons. The Hall–Kier alpha value is -2.54. The molecule has 0 aliphatic heterocycles. The van der Waals surface area contributed by atoms with Crippen LogP contribution in [0.15, 0.2) is 54.3 Å². The Morgan fingerprint density at radius 1 is 1.24 bits per heavy atom. The van der Waals surface area contributed by atoms with Crippen LogP contribution in [0, 0.1) is 17.4 Å². The summed E-state index contributed by atoms with van der Waals surface area (Å²) in [6, 6.07) is 10.4. The maximum Gasteiger partial charge on any atom is 0.227 e. The highest BCUT2D eigenvalue weighted by Gasteiger charge is 2.34. The van der Waals surface area contributed by atoms with E-state index in [0.717, 1.165) is 18.5 Å². The molecule has 0 spiro atoms. The molecule has 3 rings (SSSR count). The molecule has 0 bridgehead atoms. The van der Waals surface area contributed by atoms with Gasteiger partial charge in [0.2, 0.25) is 5.91 Å². The van der Waals surface area contributed by atoms with Gasteiger partial charge in [-0.15, -0.1) is 0 Å². The highest BCUT2D eigenvalue weighted by Crippen LogP contribution is 2.29. The summed E-state index contributed by atoms with van der Waals surface area (Å²) in [6.45, 7) is 0. The predicted octanol–water partition coefficient (Wildman–Crippen LogP) is 2.19. The van der Waals surface area contributed by atoms with Crippen LogP contribution in [0.25, 0.3) is 0 Å². The number of nitrogens with one attached hydrogen (secondary N) is 2. The fourth-order valence-corrected chi connectivity index (χ4v) is 2.76. The molecule has 0 radical (unpaired) electrons. The van der Waals surface area contributed by atoms with Crippen molar-refractivity contribution in [3.8, 4) is 6.19 Å². The molecule has 0 aromatic heterocycles. The minimum Gasteiger partial charge on any atom is -0.326 e. The Balaban J connectivity index is 1.54. The van der Waals surface area contributed by atoms with E-state index in [1.54, 1.807) is 0 Å². The summed E-state index contributed by atoms with van der Waals surface area (Å²) in [5.74, 6) is 0.299. The number of allylic oxidation sites excluding steroid dienone is 3. The fourth-order valence-electron chi connectivity index (χ4n) is 2.76. The van der Waals surface area contributed by atoms with Gasteiger partial charge in [-0.2, -0.15) is 5.26 Å². The zero-order chi connectivity index (χ0) is 14.7. The minimum atomic E-state index is 0.0147. The van der Waals surface area contributed by atoms with Crippen molar-refractivity contribution in [2.45, 2.75) is 24.8 Å². The first kappa shape index (κ1) is 13.4. The normalized spacial score (nSPS) is 26.4. The largest absolute Gasteiger partial charge is 0.326 e. The second-order valence-electron chi connectivity index (χ2n) is 5.53. The zero-order valence-electron chi connectivity index (χ0n) is 11.6. The SMILES string of the molecule is N#CN[C@H]1C[C@H](C(=O)NC2=CC(c3ccccc3)C=C2)C1. The van der Waals surface area contributed by atoms with Crippen molar-refractivity contribution in [1.29, 1.82) is 5.26 Å². The molecule has 1 amide bonds. The van der Waals surface area contributed by atoms with Crippen LogP contribution in [0.4, 0.5) is 0 Å². The van der Waals surface area contributed by atoms with Gasteiger partial charge in [0.1, 0.15) is 0 Å². The van der Waals surface area contributed by atoms with E-state index in [0.29, 0.717) is 0 Å². The smallest absolute Gasteiger partial charge is 0.227 e. The summed E-state index contributed by atoms with van der Waals surface area (Å²) < 4.78 is 0. The third kappa shape index (κ3) is 2.97. The molecule has 0 saturated heterocycles. The summed E-state index contributed by atoms with van der Waals surface area (Å²) in [5, 5.41) is 14.2. The summed E-state index contributed by atoms with van der Waals surface area (Å²) in [4.78, 5) is 12.1. The number of hydrogen-bond acceptors (Lipinski definition) is 3. The Bertz CT molecular complexity index is 621. The molecule has 1 fully saturated rings. The van der Waals surface area contributed by atoms with Crippen molar-refractivity contribution in [2.75, 3.05) is 0 Å². The van der Waals surface area contributed by atoms with Gasteiger partial charge in [-0.25, -0.2) is 0 Å². The molecule has 0 heterocycles. The highest BCUT2D eigenvalue weighted by molar-refractivity contribution is 5.82. The highest BCUT2D eigenvalue weighted by atomic mass is 16.1. The van der Waals surface area contributed by atoms with E-state index in [1.807, 2.05) is 30.5 Å². The number of amides is 1. The van der Waals surface area contributed by atoms with Crippen molar-refractivity contribution in [2.24, 2.45) is 5.92 Å². The lowest BCUT2D eigenvalue weighted by atomic mass is 9.79. The molecule has 1 unspecified atom stereocenters. The van der Waals surface area contributed by atoms with Crippen molar-refractivity contribution < 1.29 is 4.79 Å². The van der Waals surface area contributed by atoms with Gasteiger partial charge in [-0.3, -0.25) is 4.79 Å². The molecular weight excluding hydrogens is 262 g/mol. The molecule has 1 aromatic carbocycles. The Kier molecular flexibility index (Phi) is 3.74. The Morgan fingerprint density at radius 3 is 2.71 bits per heavy atom. The third-order valence-electron chi connectivity index (χ3n) is 4.07. The number of carbonyl (C=O) groups excluding carboxylic acids is 1. The van der Waals surface area contributed by atoms with Crippen molar-refractivity contribution in [1.82, 2.24) is 10.6 Å². The van der Waals surface area contributed by atoms with Crippen molar-refractivity contribution in [3.63, 3.8) is 0 Å². The van der Waals surface area contributed by atoms with Gasteiger partial charge in [0.15, 0.2) is 6.19 Å². The summed E-state index contributed by atoms with van der Waals surface area (Å²) in [5.41, 5.74) is 2.09. The van der Waals surface area contributed by atoms with Crippen LogP contribution in [-0.2, 0) is 4.79 Å². The van der Waals surface area contributed by atoms with E-state index in [-0.39, 0.29) is 23.8 Å². The zero-order valence-corrected chi connectivity index (χ0v) is 11.6. The third-order valence-corrected chi connectivity index (χ3v) is 4.07. The number of benzene rings is 1. The van der Waals surface area contributed by atoms with Gasteiger partial charge < -0.3 is 10.6 Å². The molecule has 2 aliphatic carbocycles. The number of nitriles is 1. The predicted molar refractivity (Wildman–Crippen MR) is 79.8 cm³/mol. The van der Waals surface area contributed by atoms with E-state index in [1.165, 1.54) is 5.56 Å². The van der Waals surface area contributed by atoms with Crippen LogP contribution in [-0.4, -0.2) is 11.9 Å². The molecular formula is C17H17N3O. The van der Waals surface area contributed by atoms with Gasteiger partial charge in [-0.05, 0) is 30.6 Å². The standard InChI is InChI=1S/C17H17N3O/c18-11-19-16-9-14(10-16)17(21)20-15-7-6-13(8-15)12-4-2-1-3-5-12/h1-8,13-14,16,19H,9-10H2,(H,20,21)/t13?,14-,16-. The summed E-state index contributed by atoms with van der Waals surface area (Å²) in [7, 11) is 0. The fraction of sp³-hybridized carbons (Fsp3) is 0.294. The first-order chi connectivity index (χ1) is 10.3. The number of nitrogens with zero attached hydrogens (tertiary/aromatic N) is 1. The lowest BCUT2D eigenvalue weighted by Crippen LogP contribution is -2.45. The van der Waals surface area contributed by atoms with Crippen LogP contribution < -0.4 is 10.6 Å². The maximum atomic E-state index is 12.1. The van der Waals surface area contributed by atoms with Gasteiger partial charge in [0.25, 0.3) is 0 Å². The van der Waals surface area contributed by atoms with E-state index in [4.69, 9.17) is 5.26 Å². The Labute approximate surface area is 124 Å². The minimum absolute atomic E-state index is 0.0147. The van der Waals surface area contributed by atoms with Crippen LogP contribution in [0.2, 0.25) is 0 Å². The van der Waals surface area contributed by atoms with Gasteiger partial charge in [0.05, 0.1) is 0 Å². The number of carbonyl (C=O) groups is 1. The maximum absolute atomic E-state index is 12.1. The van der Waals surface area contributed by atoms with Crippen LogP contribution in [0.5, 0.6) is 0 Å². The topological polar surface area (TPSA) is 64.9 Å². The average Bonchev–Trinajstić information content (AvgIpc) is 2.91. The molecule has 4 heteroatoms. The molecule has 4 nitrogen and oxygen atoms in total. The van der Waals surface area contributed by atoms with Crippen LogP contribution in [0.3, 0.4) is 0 Å². The van der Waals surface area contributed by atoms with Gasteiger partial charge >= 0.3 is 0 Å². The first-order valence-electron chi connectivity index (χ1n) is 7.16. The van der Waals surface area contributed by atoms with Crippen molar-refractivity contribution >= 4 is 5.91 Å². The van der Waals surface area contributed by atoms with E-state index in [9.17, 15) is 4.79 Å². The molecule has 1 atom stereocenters. The first-order valence-corrected chi connectivity index (χ1v) is 7.16. The van der Waals surface area contributed by atoms with Gasteiger partial charge in [0, 0.05) is 23.6 Å². The lowest BCUT2D eigenvalue weighted by Gasteiger charge is -2.32. The van der Waals surface area contributed by atoms with E-state index < -0.39 is 0 Å². The summed E-state index contributed by atoms with van der Waals surface area (Å²) >= 11 is 0. The lowest BCUT2D eigenvalue weighted by molar-refractivity contribution is -0.127. The molecule has 21 heavy (non-hydrogen) atoms. The molecule has 1 aromatic rings. The monoisotopic (exact) mass is 279 g/mol. The Morgan fingerprint density at radius 2 is 2.00 bits per heavy atom. The molecule has 1 saturated carbocycles. The van der Waals surface area contributed by atoms with Crippen LogP contribution >= 0.6 is 0 Å². The van der Waals surface area contributed by atoms with Crippen LogP contribution in [0.1, 0.15) is 24.3 Å². The van der Waals surface area contributed by atoms with E-state index in [2.05, 4.69) is 34.9 Å². The second kappa shape index (κ2) is 5.84. The molecule has 2 aliphatic rings.